The predicted octanol–water partition coefficient (Wildman–Crippen LogP) is 2.46. The van der Waals surface area contributed by atoms with Crippen molar-refractivity contribution in [2.24, 2.45) is 0 Å². The van der Waals surface area contributed by atoms with Crippen LogP contribution in [-0.4, -0.2) is 58.5 Å². The summed E-state index contributed by atoms with van der Waals surface area (Å²) in [4.78, 5) is 14.2. The summed E-state index contributed by atoms with van der Waals surface area (Å²) in [6.07, 6.45) is 1.66. The van der Waals surface area contributed by atoms with Gasteiger partial charge in [0.15, 0.2) is 11.5 Å². The van der Waals surface area contributed by atoms with Gasteiger partial charge >= 0.3 is 0 Å². The van der Waals surface area contributed by atoms with Crippen molar-refractivity contribution < 1.29 is 33.7 Å². The zero-order valence-corrected chi connectivity index (χ0v) is 19.5. The Balaban J connectivity index is 1.93. The Kier molecular flexibility index (Phi) is 8.09. The average molecular weight is 493 g/mol. The second kappa shape index (κ2) is 10.8. The molecule has 0 aromatic heterocycles. The molecule has 8 heteroatoms. The molecule has 0 saturated heterocycles. The lowest BCUT2D eigenvalue weighted by atomic mass is 10.0. The molecule has 0 fully saturated rings. The number of methoxy groups -OCH3 is 3. The Morgan fingerprint density at radius 1 is 1.10 bits per heavy atom. The maximum absolute atomic E-state index is 13.0. The number of hydrogen-bond donors (Lipinski definition) is 2. The standard InChI is InChI=1S/C23H26BrNO6/c1-28-10-8-25(9-11-29-2)14-18-19(26)6-5-17-22(27)21(31-23(17)18)13-15-12-16(24)4-7-20(15)30-3/h4-7,12-13,26H,8-11,14H2,1-3H3/p+1/b21-13-. The molecule has 0 unspecified atom stereocenters. The Labute approximate surface area is 190 Å². The van der Waals surface area contributed by atoms with Gasteiger partial charge in [-0.1, -0.05) is 15.9 Å². The van der Waals surface area contributed by atoms with Gasteiger partial charge < -0.3 is 29.0 Å². The van der Waals surface area contributed by atoms with E-state index in [0.29, 0.717) is 47.9 Å². The van der Waals surface area contributed by atoms with Crippen molar-refractivity contribution in [3.8, 4) is 17.2 Å². The van der Waals surface area contributed by atoms with E-state index in [9.17, 15) is 9.90 Å². The van der Waals surface area contributed by atoms with Gasteiger partial charge in [0, 0.05) is 24.3 Å². The number of benzene rings is 2. The second-order valence-corrected chi connectivity index (χ2v) is 8.09. The Hall–Kier alpha value is -2.39. The molecular formula is C23H27BrNO6+. The fourth-order valence-electron chi connectivity index (χ4n) is 3.47. The van der Waals surface area contributed by atoms with E-state index in [4.69, 9.17) is 18.9 Å². The Bertz CT molecular complexity index is 967. The first-order valence-corrected chi connectivity index (χ1v) is 10.7. The Morgan fingerprint density at radius 2 is 1.81 bits per heavy atom. The number of phenolic OH excluding ortho intramolecular Hbond substituents is 1. The van der Waals surface area contributed by atoms with Gasteiger partial charge in [-0.15, -0.1) is 0 Å². The van der Waals surface area contributed by atoms with Crippen molar-refractivity contribution >= 4 is 27.8 Å². The van der Waals surface area contributed by atoms with Crippen molar-refractivity contribution in [1.82, 2.24) is 0 Å². The van der Waals surface area contributed by atoms with Crippen LogP contribution in [0.2, 0.25) is 0 Å². The lowest BCUT2D eigenvalue weighted by Gasteiger charge is -2.20. The number of hydrogen-bond acceptors (Lipinski definition) is 6. The van der Waals surface area contributed by atoms with Crippen LogP contribution in [0, 0.1) is 0 Å². The largest absolute Gasteiger partial charge is 0.507 e. The van der Waals surface area contributed by atoms with E-state index in [-0.39, 0.29) is 17.3 Å². The first-order valence-electron chi connectivity index (χ1n) is 9.92. The van der Waals surface area contributed by atoms with E-state index in [1.54, 1.807) is 39.5 Å². The average Bonchev–Trinajstić information content (AvgIpc) is 3.07. The van der Waals surface area contributed by atoms with Gasteiger partial charge in [-0.2, -0.15) is 0 Å². The monoisotopic (exact) mass is 492 g/mol. The van der Waals surface area contributed by atoms with Gasteiger partial charge in [0.1, 0.15) is 31.1 Å². The number of Topliss-reactive ketones (excluding diaryl/α,β-unsaturated/α-hetero) is 1. The topological polar surface area (TPSA) is 78.7 Å². The molecule has 1 aliphatic rings. The van der Waals surface area contributed by atoms with Gasteiger partial charge in [0.25, 0.3) is 0 Å². The number of aromatic hydroxyl groups is 1. The maximum atomic E-state index is 13.0. The molecule has 0 atom stereocenters. The minimum atomic E-state index is -0.228. The van der Waals surface area contributed by atoms with Crippen molar-refractivity contribution in [2.45, 2.75) is 6.54 Å². The summed E-state index contributed by atoms with van der Waals surface area (Å²) >= 11 is 3.44. The highest BCUT2D eigenvalue weighted by Gasteiger charge is 2.32. The van der Waals surface area contributed by atoms with Crippen molar-refractivity contribution in [2.75, 3.05) is 47.6 Å². The number of carbonyl (C=O) groups is 1. The number of ketones is 1. The van der Waals surface area contributed by atoms with Crippen molar-refractivity contribution in [3.63, 3.8) is 0 Å². The lowest BCUT2D eigenvalue weighted by molar-refractivity contribution is -0.914. The normalized spacial score (nSPS) is 14.2. The smallest absolute Gasteiger partial charge is 0.231 e. The summed E-state index contributed by atoms with van der Waals surface area (Å²) in [5.41, 5.74) is 1.75. The van der Waals surface area contributed by atoms with Gasteiger partial charge in [0.2, 0.25) is 5.78 Å². The first-order chi connectivity index (χ1) is 15.0. The second-order valence-electron chi connectivity index (χ2n) is 7.18. The van der Waals surface area contributed by atoms with Crippen LogP contribution in [0.5, 0.6) is 17.2 Å². The molecule has 31 heavy (non-hydrogen) atoms. The molecule has 1 aliphatic heterocycles. The predicted molar refractivity (Wildman–Crippen MR) is 120 cm³/mol. The molecule has 0 saturated carbocycles. The maximum Gasteiger partial charge on any atom is 0.231 e. The number of ether oxygens (including phenoxy) is 4. The number of fused-ring (bicyclic) bond motifs is 1. The van der Waals surface area contributed by atoms with Gasteiger partial charge in [-0.3, -0.25) is 4.79 Å². The fourth-order valence-corrected chi connectivity index (χ4v) is 3.85. The molecule has 2 aromatic rings. The minimum Gasteiger partial charge on any atom is -0.507 e. The molecule has 3 rings (SSSR count). The molecule has 2 N–H and O–H groups in total. The third kappa shape index (κ3) is 5.46. The van der Waals surface area contributed by atoms with Gasteiger partial charge in [0.05, 0.1) is 31.5 Å². The highest BCUT2D eigenvalue weighted by atomic mass is 79.9. The van der Waals surface area contributed by atoms with E-state index < -0.39 is 0 Å². The van der Waals surface area contributed by atoms with E-state index in [1.807, 2.05) is 18.2 Å². The highest BCUT2D eigenvalue weighted by Crippen LogP contribution is 2.39. The van der Waals surface area contributed by atoms with Crippen LogP contribution in [0.3, 0.4) is 0 Å². The molecule has 0 bridgehead atoms. The number of nitrogens with one attached hydrogen (secondary N) is 1. The summed E-state index contributed by atoms with van der Waals surface area (Å²) in [5, 5.41) is 10.5. The molecular weight excluding hydrogens is 466 g/mol. The van der Waals surface area contributed by atoms with Crippen LogP contribution in [0.15, 0.2) is 40.6 Å². The number of rotatable bonds is 10. The number of halogens is 1. The quantitative estimate of drug-likeness (QED) is 0.496. The fraction of sp³-hybridized carbons (Fsp3) is 0.348. The third-order valence-corrected chi connectivity index (χ3v) is 5.63. The number of carbonyl (C=O) groups excluding carboxylic acids is 1. The minimum absolute atomic E-state index is 0.0974. The van der Waals surface area contributed by atoms with Gasteiger partial charge in [-0.05, 0) is 36.4 Å². The first kappa shape index (κ1) is 23.3. The Morgan fingerprint density at radius 3 is 2.45 bits per heavy atom. The molecule has 7 nitrogen and oxygen atoms in total. The van der Waals surface area contributed by atoms with Crippen molar-refractivity contribution in [1.29, 1.82) is 0 Å². The molecule has 0 spiro atoms. The summed E-state index contributed by atoms with van der Waals surface area (Å²) in [6.45, 7) is 3.08. The highest BCUT2D eigenvalue weighted by molar-refractivity contribution is 9.10. The summed E-state index contributed by atoms with van der Waals surface area (Å²) in [7, 11) is 4.88. The molecule has 2 aromatic carbocycles. The summed E-state index contributed by atoms with van der Waals surface area (Å²) in [6, 6.07) is 8.67. The SMILES string of the molecule is COCC[NH+](CCOC)Cc1c(O)ccc2c1O/C(=C\c1cc(Br)ccc1OC)C2=O. The number of phenols is 1. The molecule has 0 radical (unpaired) electrons. The molecule has 0 amide bonds. The summed E-state index contributed by atoms with van der Waals surface area (Å²) < 4.78 is 22.7. The van der Waals surface area contributed by atoms with Crippen LogP contribution >= 0.6 is 15.9 Å². The van der Waals surface area contributed by atoms with Crippen LogP contribution in [0.4, 0.5) is 0 Å². The van der Waals surface area contributed by atoms with Crippen LogP contribution < -0.4 is 14.4 Å². The summed E-state index contributed by atoms with van der Waals surface area (Å²) in [5.74, 6) is 1.08. The van der Waals surface area contributed by atoms with Crippen LogP contribution in [0.1, 0.15) is 21.5 Å². The van der Waals surface area contributed by atoms with Crippen molar-refractivity contribution in [3.05, 3.63) is 57.3 Å². The van der Waals surface area contributed by atoms with E-state index in [1.165, 1.54) is 0 Å². The molecule has 0 aliphatic carbocycles. The van der Waals surface area contributed by atoms with E-state index >= 15 is 0 Å². The molecule has 1 heterocycles. The van der Waals surface area contributed by atoms with Gasteiger partial charge in [-0.25, -0.2) is 0 Å². The number of quaternary nitrogens is 1. The molecule has 166 valence electrons. The van der Waals surface area contributed by atoms with E-state index in [0.717, 1.165) is 22.5 Å². The zero-order chi connectivity index (χ0) is 22.4. The third-order valence-electron chi connectivity index (χ3n) is 5.14. The van der Waals surface area contributed by atoms with Crippen LogP contribution in [-0.2, 0) is 16.0 Å². The van der Waals surface area contributed by atoms with Crippen LogP contribution in [0.25, 0.3) is 6.08 Å². The van der Waals surface area contributed by atoms with E-state index in [2.05, 4.69) is 15.9 Å². The zero-order valence-electron chi connectivity index (χ0n) is 17.9. The lowest BCUT2D eigenvalue weighted by Crippen LogP contribution is -3.11. The number of allylic oxidation sites excluding steroid dienone is 1.